The van der Waals surface area contributed by atoms with E-state index in [4.69, 9.17) is 0 Å². The van der Waals surface area contributed by atoms with Crippen LogP contribution >= 0.6 is 0 Å². The second-order valence-corrected chi connectivity index (χ2v) is 6.39. The molecule has 2 atom stereocenters. The van der Waals surface area contributed by atoms with Gasteiger partial charge in [-0.1, -0.05) is 30.3 Å². The van der Waals surface area contributed by atoms with E-state index in [1.807, 2.05) is 47.4 Å². The Morgan fingerprint density at radius 2 is 1.88 bits per heavy atom. The molecule has 1 aromatic carbocycles. The van der Waals surface area contributed by atoms with E-state index in [0.29, 0.717) is 11.9 Å². The van der Waals surface area contributed by atoms with Gasteiger partial charge in [0.25, 0.3) is 0 Å². The van der Waals surface area contributed by atoms with Crippen molar-refractivity contribution in [3.8, 4) is 11.3 Å². The highest BCUT2D eigenvalue weighted by Gasteiger charge is 2.38. The van der Waals surface area contributed by atoms with E-state index < -0.39 is 0 Å². The lowest BCUT2D eigenvalue weighted by Gasteiger charge is -2.27. The zero-order chi connectivity index (χ0) is 16.4. The van der Waals surface area contributed by atoms with Gasteiger partial charge in [0.15, 0.2) is 5.82 Å². The number of benzene rings is 1. The molecule has 2 bridgehead atoms. The Bertz CT molecular complexity index is 689. The number of fused-ring (bicyclic) bond motifs is 2. The molecule has 6 heteroatoms. The first-order valence-corrected chi connectivity index (χ1v) is 8.50. The molecular weight excluding hydrogens is 302 g/mol. The third kappa shape index (κ3) is 2.97. The third-order valence-electron chi connectivity index (χ3n) is 4.86. The van der Waals surface area contributed by atoms with Gasteiger partial charge in [-0.05, 0) is 37.9 Å². The molecular formula is C18H21N5O. The van der Waals surface area contributed by atoms with Crippen molar-refractivity contribution < 1.29 is 4.79 Å². The number of rotatable bonds is 2. The molecule has 2 unspecified atom stereocenters. The molecule has 2 amide bonds. The maximum absolute atomic E-state index is 12.7. The predicted molar refractivity (Wildman–Crippen MR) is 92.6 cm³/mol. The van der Waals surface area contributed by atoms with Crippen molar-refractivity contribution in [2.75, 3.05) is 18.4 Å². The van der Waals surface area contributed by atoms with Crippen LogP contribution in [0.15, 0.2) is 42.5 Å². The Kier molecular flexibility index (Phi) is 4.13. The van der Waals surface area contributed by atoms with Crippen LogP contribution in [0.25, 0.3) is 11.3 Å². The van der Waals surface area contributed by atoms with Gasteiger partial charge in [0.1, 0.15) is 0 Å². The molecule has 2 fully saturated rings. The smallest absolute Gasteiger partial charge is 0.317 e. The minimum atomic E-state index is -0.0621. The minimum absolute atomic E-state index is 0.0621. The van der Waals surface area contributed by atoms with Crippen molar-refractivity contribution >= 4 is 11.8 Å². The molecule has 2 saturated heterocycles. The van der Waals surface area contributed by atoms with Crippen molar-refractivity contribution in [3.63, 3.8) is 0 Å². The predicted octanol–water partition coefficient (Wildman–Crippen LogP) is 2.50. The standard InChI is InChI=1S/C18H21N5O/c24-18(23-14-6-7-15(23)12-19-11-10-14)20-17-9-8-16(21-22-17)13-4-2-1-3-5-13/h1-5,8-9,14-15,19H,6-7,10-12H2,(H,20,22,24). The summed E-state index contributed by atoms with van der Waals surface area (Å²) in [5.41, 5.74) is 1.81. The van der Waals surface area contributed by atoms with Crippen LogP contribution < -0.4 is 10.6 Å². The van der Waals surface area contributed by atoms with Crippen molar-refractivity contribution in [1.82, 2.24) is 20.4 Å². The van der Waals surface area contributed by atoms with Crippen molar-refractivity contribution in [1.29, 1.82) is 0 Å². The molecule has 4 rings (SSSR count). The fraction of sp³-hybridized carbons (Fsp3) is 0.389. The number of amides is 2. The van der Waals surface area contributed by atoms with E-state index in [0.717, 1.165) is 43.6 Å². The van der Waals surface area contributed by atoms with Gasteiger partial charge in [-0.15, -0.1) is 10.2 Å². The van der Waals surface area contributed by atoms with E-state index in [-0.39, 0.29) is 12.1 Å². The molecule has 1 aromatic heterocycles. The molecule has 3 heterocycles. The van der Waals surface area contributed by atoms with Gasteiger partial charge in [-0.25, -0.2) is 4.79 Å². The first-order valence-electron chi connectivity index (χ1n) is 8.50. The number of urea groups is 1. The topological polar surface area (TPSA) is 70.2 Å². The molecule has 124 valence electrons. The van der Waals surface area contributed by atoms with Gasteiger partial charge in [0, 0.05) is 24.2 Å². The molecule has 0 aliphatic carbocycles. The van der Waals surface area contributed by atoms with Crippen molar-refractivity contribution in [2.24, 2.45) is 0 Å². The fourth-order valence-corrected chi connectivity index (χ4v) is 3.65. The lowest BCUT2D eigenvalue weighted by molar-refractivity contribution is 0.190. The maximum atomic E-state index is 12.7. The van der Waals surface area contributed by atoms with Gasteiger partial charge in [0.05, 0.1) is 5.69 Å². The molecule has 0 radical (unpaired) electrons. The highest BCUT2D eigenvalue weighted by atomic mass is 16.2. The number of hydrogen-bond acceptors (Lipinski definition) is 4. The van der Waals surface area contributed by atoms with Gasteiger partial charge >= 0.3 is 6.03 Å². The van der Waals surface area contributed by atoms with E-state index in [2.05, 4.69) is 20.8 Å². The lowest BCUT2D eigenvalue weighted by Crippen LogP contribution is -2.45. The second kappa shape index (κ2) is 6.57. The summed E-state index contributed by atoms with van der Waals surface area (Å²) in [5.74, 6) is 0.497. The summed E-state index contributed by atoms with van der Waals surface area (Å²) in [4.78, 5) is 14.6. The van der Waals surface area contributed by atoms with E-state index in [9.17, 15) is 4.79 Å². The first kappa shape index (κ1) is 15.1. The lowest BCUT2D eigenvalue weighted by atomic mass is 10.1. The molecule has 2 N–H and O–H groups in total. The Balaban J connectivity index is 1.46. The van der Waals surface area contributed by atoms with Gasteiger partial charge < -0.3 is 10.2 Å². The van der Waals surface area contributed by atoms with Crippen LogP contribution in [0.5, 0.6) is 0 Å². The first-order chi connectivity index (χ1) is 11.8. The normalized spacial score (nSPS) is 22.9. The summed E-state index contributed by atoms with van der Waals surface area (Å²) in [6.07, 6.45) is 3.19. The Morgan fingerprint density at radius 3 is 2.67 bits per heavy atom. The highest BCUT2D eigenvalue weighted by Crippen LogP contribution is 2.28. The molecule has 6 nitrogen and oxygen atoms in total. The summed E-state index contributed by atoms with van der Waals surface area (Å²) in [6, 6.07) is 14.1. The summed E-state index contributed by atoms with van der Waals surface area (Å²) < 4.78 is 0. The van der Waals surface area contributed by atoms with E-state index >= 15 is 0 Å². The average molecular weight is 323 g/mol. The van der Waals surface area contributed by atoms with Crippen LogP contribution in [0.4, 0.5) is 10.6 Å². The Morgan fingerprint density at radius 1 is 1.04 bits per heavy atom. The number of carbonyl (C=O) groups excluding carboxylic acids is 1. The quantitative estimate of drug-likeness (QED) is 0.891. The van der Waals surface area contributed by atoms with Crippen LogP contribution in [-0.4, -0.2) is 46.3 Å². The second-order valence-electron chi connectivity index (χ2n) is 6.39. The monoisotopic (exact) mass is 323 g/mol. The molecule has 2 aliphatic rings. The van der Waals surface area contributed by atoms with Crippen LogP contribution in [0.1, 0.15) is 19.3 Å². The number of aromatic nitrogens is 2. The van der Waals surface area contributed by atoms with Crippen LogP contribution in [-0.2, 0) is 0 Å². The molecule has 0 saturated carbocycles. The zero-order valence-electron chi connectivity index (χ0n) is 13.5. The van der Waals surface area contributed by atoms with Gasteiger partial charge in [0.2, 0.25) is 0 Å². The van der Waals surface area contributed by atoms with Crippen molar-refractivity contribution in [2.45, 2.75) is 31.3 Å². The van der Waals surface area contributed by atoms with E-state index in [1.165, 1.54) is 0 Å². The SMILES string of the molecule is O=C(Nc1ccc(-c2ccccc2)nn1)N1C2CCNCC1CC2. The fourth-order valence-electron chi connectivity index (χ4n) is 3.65. The third-order valence-corrected chi connectivity index (χ3v) is 4.86. The molecule has 0 spiro atoms. The van der Waals surface area contributed by atoms with E-state index in [1.54, 1.807) is 0 Å². The number of nitrogens with one attached hydrogen (secondary N) is 2. The Hall–Kier alpha value is -2.47. The summed E-state index contributed by atoms with van der Waals surface area (Å²) in [5, 5.41) is 14.7. The zero-order valence-corrected chi connectivity index (χ0v) is 13.5. The molecule has 2 aromatic rings. The Labute approximate surface area is 141 Å². The minimum Gasteiger partial charge on any atom is -0.317 e. The van der Waals surface area contributed by atoms with Crippen LogP contribution in [0, 0.1) is 0 Å². The highest BCUT2D eigenvalue weighted by molar-refractivity contribution is 5.89. The summed E-state index contributed by atoms with van der Waals surface area (Å²) in [6.45, 7) is 1.86. The number of anilines is 1. The van der Waals surface area contributed by atoms with Gasteiger partial charge in [-0.3, -0.25) is 5.32 Å². The number of nitrogens with zero attached hydrogens (tertiary/aromatic N) is 3. The largest absolute Gasteiger partial charge is 0.323 e. The van der Waals surface area contributed by atoms with Gasteiger partial charge in [-0.2, -0.15) is 0 Å². The number of hydrogen-bond donors (Lipinski definition) is 2. The van der Waals surface area contributed by atoms with Crippen molar-refractivity contribution in [3.05, 3.63) is 42.5 Å². The number of carbonyl (C=O) groups is 1. The summed E-state index contributed by atoms with van der Waals surface area (Å²) in [7, 11) is 0. The maximum Gasteiger partial charge on any atom is 0.323 e. The average Bonchev–Trinajstić information content (AvgIpc) is 2.89. The van der Waals surface area contributed by atoms with Crippen LogP contribution in [0.2, 0.25) is 0 Å². The molecule has 24 heavy (non-hydrogen) atoms. The molecule has 2 aliphatic heterocycles. The summed E-state index contributed by atoms with van der Waals surface area (Å²) >= 11 is 0. The van der Waals surface area contributed by atoms with Crippen LogP contribution in [0.3, 0.4) is 0 Å².